The van der Waals surface area contributed by atoms with Crippen LogP contribution in [0.5, 0.6) is 0 Å². The topological polar surface area (TPSA) is 68.4 Å². The highest BCUT2D eigenvalue weighted by Gasteiger charge is 2.22. The Balaban J connectivity index is 2.79. The number of hydrogen-bond acceptors (Lipinski definition) is 4. The lowest BCUT2D eigenvalue weighted by Gasteiger charge is -2.06. The number of halogens is 2. The molecular formula is C9H9BrClN3O2. The summed E-state index contributed by atoms with van der Waals surface area (Å²) in [6, 6.07) is 3.40. The second-order valence-corrected chi connectivity index (χ2v) is 4.26. The summed E-state index contributed by atoms with van der Waals surface area (Å²) in [5.74, 6) is 0. The molecule has 0 amide bonds. The van der Waals surface area contributed by atoms with Crippen molar-refractivity contribution in [3.63, 3.8) is 0 Å². The molecule has 0 radical (unpaired) electrons. The Hall–Kier alpha value is -1.01. The summed E-state index contributed by atoms with van der Waals surface area (Å²) in [7, 11) is 1.52. The molecule has 0 aliphatic carbocycles. The van der Waals surface area contributed by atoms with Crippen LogP contribution in [0.2, 0.25) is 5.15 Å². The average molecular weight is 307 g/mol. The summed E-state index contributed by atoms with van der Waals surface area (Å²) in [6.45, 7) is 0. The van der Waals surface area contributed by atoms with Crippen LogP contribution in [0.4, 0.5) is 0 Å². The van der Waals surface area contributed by atoms with Gasteiger partial charge in [0.1, 0.15) is 10.9 Å². The second kappa shape index (κ2) is 5.91. The minimum atomic E-state index is -0.965. The standard InChI is InChI=1S/C9H9BrClN3O2/c1-12-7(9(10)14(15)16)4-6-2-3-8(11)13-5-6/h2-3,5,9H,4H2,1H3. The zero-order valence-corrected chi connectivity index (χ0v) is 10.8. The van der Waals surface area contributed by atoms with Crippen LogP contribution in [0.3, 0.4) is 0 Å². The Bertz CT molecular complexity index is 408. The van der Waals surface area contributed by atoms with E-state index in [1.807, 2.05) is 0 Å². The van der Waals surface area contributed by atoms with E-state index < -0.39 is 9.87 Å². The predicted octanol–water partition coefficient (Wildman–Crippen LogP) is 2.35. The Kier molecular flexibility index (Phi) is 4.82. The van der Waals surface area contributed by atoms with E-state index in [0.29, 0.717) is 17.3 Å². The van der Waals surface area contributed by atoms with E-state index in [2.05, 4.69) is 25.9 Å². The van der Waals surface area contributed by atoms with Crippen LogP contribution in [-0.4, -0.2) is 27.6 Å². The molecule has 0 aliphatic rings. The lowest BCUT2D eigenvalue weighted by Crippen LogP contribution is -2.25. The van der Waals surface area contributed by atoms with E-state index in [1.54, 1.807) is 18.3 Å². The van der Waals surface area contributed by atoms with E-state index in [-0.39, 0.29) is 0 Å². The maximum Gasteiger partial charge on any atom is 0.303 e. The summed E-state index contributed by atoms with van der Waals surface area (Å²) in [5.41, 5.74) is 1.27. The molecular weight excluding hydrogens is 297 g/mol. The first-order valence-electron chi connectivity index (χ1n) is 4.38. The van der Waals surface area contributed by atoms with E-state index in [4.69, 9.17) is 11.6 Å². The molecule has 0 aliphatic heterocycles. The fraction of sp³-hybridized carbons (Fsp3) is 0.333. The number of aromatic nitrogens is 1. The molecule has 16 heavy (non-hydrogen) atoms. The lowest BCUT2D eigenvalue weighted by molar-refractivity contribution is -0.475. The third-order valence-electron chi connectivity index (χ3n) is 1.92. The van der Waals surface area contributed by atoms with Gasteiger partial charge in [0.15, 0.2) is 0 Å². The van der Waals surface area contributed by atoms with Crippen molar-refractivity contribution in [2.24, 2.45) is 4.99 Å². The van der Waals surface area contributed by atoms with Gasteiger partial charge in [-0.2, -0.15) is 0 Å². The molecule has 1 unspecified atom stereocenters. The molecule has 0 spiro atoms. The van der Waals surface area contributed by atoms with E-state index in [0.717, 1.165) is 5.56 Å². The first-order chi connectivity index (χ1) is 7.54. The third-order valence-corrected chi connectivity index (χ3v) is 3.01. The number of rotatable bonds is 4. The van der Waals surface area contributed by atoms with Gasteiger partial charge in [-0.25, -0.2) is 4.98 Å². The maximum absolute atomic E-state index is 10.6. The van der Waals surface area contributed by atoms with Crippen molar-refractivity contribution in [1.29, 1.82) is 0 Å². The monoisotopic (exact) mass is 305 g/mol. The summed E-state index contributed by atoms with van der Waals surface area (Å²) in [5, 5.41) is 11.0. The molecule has 1 heterocycles. The summed E-state index contributed by atoms with van der Waals surface area (Å²) < 4.78 is 0. The molecule has 1 aromatic heterocycles. The van der Waals surface area contributed by atoms with Crippen molar-refractivity contribution in [1.82, 2.24) is 4.98 Å². The Labute approximate surface area is 106 Å². The summed E-state index contributed by atoms with van der Waals surface area (Å²) >= 11 is 8.60. The Morgan fingerprint density at radius 2 is 2.44 bits per heavy atom. The quantitative estimate of drug-likeness (QED) is 0.214. The van der Waals surface area contributed by atoms with Gasteiger partial charge in [0, 0.05) is 40.5 Å². The van der Waals surface area contributed by atoms with E-state index in [9.17, 15) is 10.1 Å². The molecule has 0 bridgehead atoms. The van der Waals surface area contributed by atoms with E-state index >= 15 is 0 Å². The maximum atomic E-state index is 10.6. The zero-order chi connectivity index (χ0) is 12.1. The zero-order valence-electron chi connectivity index (χ0n) is 8.43. The molecule has 7 heteroatoms. The fourth-order valence-corrected chi connectivity index (χ4v) is 1.59. The molecule has 1 aromatic rings. The van der Waals surface area contributed by atoms with Crippen molar-refractivity contribution in [3.8, 4) is 0 Å². The summed E-state index contributed by atoms with van der Waals surface area (Å²) in [6.07, 6.45) is 1.95. The summed E-state index contributed by atoms with van der Waals surface area (Å²) in [4.78, 5) is 17.0. The van der Waals surface area contributed by atoms with Crippen LogP contribution in [-0.2, 0) is 6.42 Å². The number of nitrogens with zero attached hydrogens (tertiary/aromatic N) is 3. The van der Waals surface area contributed by atoms with Crippen molar-refractivity contribution in [2.75, 3.05) is 7.05 Å². The number of hydrogen-bond donors (Lipinski definition) is 0. The molecule has 86 valence electrons. The van der Waals surface area contributed by atoms with Crippen molar-refractivity contribution in [2.45, 2.75) is 11.4 Å². The highest BCUT2D eigenvalue weighted by Crippen LogP contribution is 2.11. The first kappa shape index (κ1) is 13.1. The molecule has 0 saturated carbocycles. The molecule has 0 saturated heterocycles. The first-order valence-corrected chi connectivity index (χ1v) is 5.67. The molecule has 0 aromatic carbocycles. The molecule has 5 nitrogen and oxygen atoms in total. The van der Waals surface area contributed by atoms with Crippen LogP contribution >= 0.6 is 27.5 Å². The average Bonchev–Trinajstić information content (AvgIpc) is 2.27. The smallest absolute Gasteiger partial charge is 0.289 e. The molecule has 1 rings (SSSR count). The van der Waals surface area contributed by atoms with Crippen molar-refractivity contribution >= 4 is 33.2 Å². The number of alkyl halides is 1. The SMILES string of the molecule is CN=C(Cc1ccc(Cl)nc1)C(Br)[N+](=O)[O-]. The van der Waals surface area contributed by atoms with Crippen LogP contribution in [0.1, 0.15) is 5.56 Å². The molecule has 0 fully saturated rings. The fourth-order valence-electron chi connectivity index (χ4n) is 1.11. The largest absolute Gasteiger partial charge is 0.303 e. The normalized spacial score (nSPS) is 13.6. The highest BCUT2D eigenvalue weighted by molar-refractivity contribution is 9.09. The van der Waals surface area contributed by atoms with Gasteiger partial charge in [-0.15, -0.1) is 0 Å². The van der Waals surface area contributed by atoms with Gasteiger partial charge in [-0.3, -0.25) is 15.1 Å². The second-order valence-electron chi connectivity index (χ2n) is 3.00. The Morgan fingerprint density at radius 1 is 1.75 bits per heavy atom. The van der Waals surface area contributed by atoms with Gasteiger partial charge in [0.05, 0.1) is 0 Å². The van der Waals surface area contributed by atoms with Crippen molar-refractivity contribution in [3.05, 3.63) is 39.2 Å². The van der Waals surface area contributed by atoms with Crippen LogP contribution in [0.25, 0.3) is 0 Å². The van der Waals surface area contributed by atoms with Gasteiger partial charge in [0.25, 0.3) is 0 Å². The molecule has 0 N–H and O–H groups in total. The minimum Gasteiger partial charge on any atom is -0.289 e. The number of nitro groups is 1. The minimum absolute atomic E-state index is 0.373. The number of aliphatic imine (C=N–C) groups is 1. The van der Waals surface area contributed by atoms with Crippen LogP contribution < -0.4 is 0 Å². The van der Waals surface area contributed by atoms with Gasteiger partial charge in [-0.1, -0.05) is 17.7 Å². The van der Waals surface area contributed by atoms with Crippen LogP contribution in [0.15, 0.2) is 23.3 Å². The molecule has 1 atom stereocenters. The highest BCUT2D eigenvalue weighted by atomic mass is 79.9. The van der Waals surface area contributed by atoms with Gasteiger partial charge in [-0.05, 0) is 11.6 Å². The van der Waals surface area contributed by atoms with Gasteiger partial charge < -0.3 is 0 Å². The third kappa shape index (κ3) is 3.53. The van der Waals surface area contributed by atoms with E-state index in [1.165, 1.54) is 7.05 Å². The lowest BCUT2D eigenvalue weighted by atomic mass is 10.1. The Morgan fingerprint density at radius 3 is 2.88 bits per heavy atom. The predicted molar refractivity (Wildman–Crippen MR) is 66.0 cm³/mol. The van der Waals surface area contributed by atoms with Crippen LogP contribution in [0, 0.1) is 10.1 Å². The van der Waals surface area contributed by atoms with Gasteiger partial charge in [0.2, 0.25) is 0 Å². The number of pyridine rings is 1. The van der Waals surface area contributed by atoms with Gasteiger partial charge >= 0.3 is 4.95 Å². The van der Waals surface area contributed by atoms with Crippen molar-refractivity contribution < 1.29 is 4.92 Å².